The molecule has 0 radical (unpaired) electrons. The fraction of sp³-hybridized carbons (Fsp3) is 0.905. The van der Waals surface area contributed by atoms with Crippen LogP contribution in [-0.4, -0.2) is 68.5 Å². The van der Waals surface area contributed by atoms with Gasteiger partial charge in [-0.2, -0.15) is 0 Å². The van der Waals surface area contributed by atoms with Crippen molar-refractivity contribution in [3.8, 4) is 0 Å². The monoisotopic (exact) mass is 524 g/mol. The number of guanidine groups is 1. The van der Waals surface area contributed by atoms with Crippen molar-refractivity contribution < 1.29 is 14.3 Å². The van der Waals surface area contributed by atoms with E-state index >= 15 is 0 Å². The van der Waals surface area contributed by atoms with Crippen molar-refractivity contribution in [3.05, 3.63) is 0 Å². The summed E-state index contributed by atoms with van der Waals surface area (Å²) in [5.74, 6) is 2.04. The molecule has 0 bridgehead atoms. The molecule has 0 aromatic carbocycles. The third-order valence-electron chi connectivity index (χ3n) is 4.83. The number of ether oxygens (including phenoxy) is 2. The average Bonchev–Trinajstić information content (AvgIpc) is 3.45. The van der Waals surface area contributed by atoms with Crippen LogP contribution < -0.4 is 10.6 Å². The van der Waals surface area contributed by atoms with Gasteiger partial charge >= 0.3 is 6.09 Å². The van der Waals surface area contributed by atoms with Gasteiger partial charge in [-0.15, -0.1) is 24.0 Å². The van der Waals surface area contributed by atoms with E-state index in [-0.39, 0.29) is 30.1 Å². The Kier molecular flexibility index (Phi) is 12.2. The predicted octanol–water partition coefficient (Wildman–Crippen LogP) is 3.62. The van der Waals surface area contributed by atoms with Gasteiger partial charge < -0.3 is 25.0 Å². The van der Waals surface area contributed by atoms with Crippen molar-refractivity contribution >= 4 is 36.0 Å². The molecule has 29 heavy (non-hydrogen) atoms. The first-order valence-corrected chi connectivity index (χ1v) is 10.9. The molecule has 1 heterocycles. The maximum absolute atomic E-state index is 12.3. The van der Waals surface area contributed by atoms with Crippen molar-refractivity contribution in [1.82, 2.24) is 15.5 Å². The quantitative estimate of drug-likeness (QED) is 0.209. The summed E-state index contributed by atoms with van der Waals surface area (Å²) in [5, 5.41) is 6.68. The largest absolute Gasteiger partial charge is 0.444 e. The van der Waals surface area contributed by atoms with E-state index in [2.05, 4.69) is 17.6 Å². The van der Waals surface area contributed by atoms with Gasteiger partial charge in [0, 0.05) is 45.9 Å². The molecule has 1 atom stereocenters. The van der Waals surface area contributed by atoms with Crippen LogP contribution in [0.3, 0.4) is 0 Å². The summed E-state index contributed by atoms with van der Waals surface area (Å²) in [7, 11) is 0. The summed E-state index contributed by atoms with van der Waals surface area (Å²) in [6.07, 6.45) is 5.54. The number of hydrogen-bond acceptors (Lipinski definition) is 4. The van der Waals surface area contributed by atoms with Gasteiger partial charge in [-0.3, -0.25) is 4.99 Å². The van der Waals surface area contributed by atoms with Crippen molar-refractivity contribution in [2.45, 2.75) is 65.4 Å². The number of halogens is 1. The van der Waals surface area contributed by atoms with Gasteiger partial charge in [-0.1, -0.05) is 0 Å². The highest BCUT2D eigenvalue weighted by Gasteiger charge is 2.27. The summed E-state index contributed by atoms with van der Waals surface area (Å²) in [5.41, 5.74) is -0.452. The fourth-order valence-corrected chi connectivity index (χ4v) is 3.18. The van der Waals surface area contributed by atoms with Crippen LogP contribution in [0, 0.1) is 11.8 Å². The molecule has 0 aromatic heterocycles. The van der Waals surface area contributed by atoms with Crippen LogP contribution >= 0.6 is 24.0 Å². The molecule has 2 N–H and O–H groups in total. The minimum absolute atomic E-state index is 0. The molecule has 1 saturated heterocycles. The second kappa shape index (κ2) is 13.5. The number of aliphatic imine (C=N–C) groups is 1. The Bertz CT molecular complexity index is 507. The second-order valence-electron chi connectivity index (χ2n) is 8.95. The number of rotatable bonds is 9. The number of carbonyl (C=O) groups excluding carboxylic acids is 1. The number of amides is 1. The van der Waals surface area contributed by atoms with Gasteiger partial charge in [0.2, 0.25) is 0 Å². The number of nitrogens with one attached hydrogen (secondary N) is 2. The van der Waals surface area contributed by atoms with Gasteiger partial charge in [0.15, 0.2) is 5.96 Å². The molecule has 1 aliphatic heterocycles. The Balaban J connectivity index is 0.00000420. The molecular weight excluding hydrogens is 483 g/mol. The standard InChI is InChI=1S/C21H40N4O3.HI/c1-5-22-19(23-11-7-13-27-16-17-9-10-17)24-14-18-8-6-12-25(15-18)20(26)28-21(2,3)4;/h17-18H,5-16H2,1-4H3,(H2,22,23,24);1H. The molecule has 0 spiro atoms. The van der Waals surface area contributed by atoms with E-state index in [1.54, 1.807) is 0 Å². The molecule has 170 valence electrons. The molecule has 1 saturated carbocycles. The zero-order chi connectivity index (χ0) is 20.4. The Morgan fingerprint density at radius 3 is 2.59 bits per heavy atom. The van der Waals surface area contributed by atoms with Gasteiger partial charge in [0.05, 0.1) is 0 Å². The molecule has 8 heteroatoms. The average molecular weight is 524 g/mol. The van der Waals surface area contributed by atoms with Crippen LogP contribution in [0.1, 0.15) is 59.8 Å². The van der Waals surface area contributed by atoms with Crippen LogP contribution in [0.25, 0.3) is 0 Å². The lowest BCUT2D eigenvalue weighted by atomic mass is 9.98. The van der Waals surface area contributed by atoms with Crippen molar-refractivity contribution in [1.29, 1.82) is 0 Å². The highest BCUT2D eigenvalue weighted by atomic mass is 127. The van der Waals surface area contributed by atoms with E-state index in [4.69, 9.17) is 14.5 Å². The predicted molar refractivity (Wildman–Crippen MR) is 128 cm³/mol. The maximum Gasteiger partial charge on any atom is 0.410 e. The molecule has 1 aliphatic carbocycles. The topological polar surface area (TPSA) is 75.2 Å². The molecule has 2 rings (SSSR count). The SMILES string of the molecule is CCNC(=NCC1CCCN(C(=O)OC(C)(C)C)C1)NCCCOCC1CC1.I. The first kappa shape index (κ1) is 26.3. The smallest absolute Gasteiger partial charge is 0.410 e. The van der Waals surface area contributed by atoms with E-state index in [1.165, 1.54) is 12.8 Å². The Morgan fingerprint density at radius 1 is 1.17 bits per heavy atom. The van der Waals surface area contributed by atoms with Gasteiger partial charge in [0.1, 0.15) is 5.60 Å². The van der Waals surface area contributed by atoms with E-state index in [0.717, 1.165) is 64.0 Å². The van der Waals surface area contributed by atoms with Crippen LogP contribution in [0.15, 0.2) is 4.99 Å². The minimum Gasteiger partial charge on any atom is -0.444 e. The zero-order valence-electron chi connectivity index (χ0n) is 18.7. The highest BCUT2D eigenvalue weighted by molar-refractivity contribution is 14.0. The third kappa shape index (κ3) is 11.9. The van der Waals surface area contributed by atoms with Crippen LogP contribution in [0.5, 0.6) is 0 Å². The lowest BCUT2D eigenvalue weighted by Gasteiger charge is -2.33. The van der Waals surface area contributed by atoms with Crippen LogP contribution in [0.2, 0.25) is 0 Å². The number of likely N-dealkylation sites (tertiary alicyclic amines) is 1. The lowest BCUT2D eigenvalue weighted by molar-refractivity contribution is 0.0170. The highest BCUT2D eigenvalue weighted by Crippen LogP contribution is 2.28. The molecular formula is C21H41IN4O3. The summed E-state index contributed by atoms with van der Waals surface area (Å²) < 4.78 is 11.2. The van der Waals surface area contributed by atoms with Gasteiger partial charge in [-0.25, -0.2) is 4.79 Å². The van der Waals surface area contributed by atoms with Crippen molar-refractivity contribution in [3.63, 3.8) is 0 Å². The van der Waals surface area contributed by atoms with E-state index in [0.29, 0.717) is 19.0 Å². The van der Waals surface area contributed by atoms with E-state index < -0.39 is 5.60 Å². The van der Waals surface area contributed by atoms with E-state index in [9.17, 15) is 4.79 Å². The van der Waals surface area contributed by atoms with Crippen molar-refractivity contribution in [2.24, 2.45) is 16.8 Å². The number of nitrogens with zero attached hydrogens (tertiary/aromatic N) is 2. The molecule has 2 fully saturated rings. The van der Waals surface area contributed by atoms with Crippen LogP contribution in [-0.2, 0) is 9.47 Å². The first-order chi connectivity index (χ1) is 13.4. The Hall–Kier alpha value is -0.770. The lowest BCUT2D eigenvalue weighted by Crippen LogP contribution is -2.44. The Morgan fingerprint density at radius 2 is 1.93 bits per heavy atom. The molecule has 1 unspecified atom stereocenters. The number of piperidine rings is 1. The second-order valence-corrected chi connectivity index (χ2v) is 8.95. The molecule has 1 amide bonds. The van der Waals surface area contributed by atoms with Gasteiger partial charge in [0.25, 0.3) is 0 Å². The normalized spacial score (nSPS) is 20.1. The number of hydrogen-bond donors (Lipinski definition) is 2. The first-order valence-electron chi connectivity index (χ1n) is 10.9. The summed E-state index contributed by atoms with van der Waals surface area (Å²) in [6.45, 7) is 13.4. The molecule has 2 aliphatic rings. The maximum atomic E-state index is 12.3. The summed E-state index contributed by atoms with van der Waals surface area (Å²) in [4.78, 5) is 18.9. The van der Waals surface area contributed by atoms with E-state index in [1.807, 2.05) is 25.7 Å². The molecule has 7 nitrogen and oxygen atoms in total. The molecule has 0 aromatic rings. The fourth-order valence-electron chi connectivity index (χ4n) is 3.18. The number of carbonyl (C=O) groups is 1. The van der Waals surface area contributed by atoms with Crippen LogP contribution in [0.4, 0.5) is 4.79 Å². The summed E-state index contributed by atoms with van der Waals surface area (Å²) in [6, 6.07) is 0. The minimum atomic E-state index is -0.452. The summed E-state index contributed by atoms with van der Waals surface area (Å²) >= 11 is 0. The van der Waals surface area contributed by atoms with Crippen molar-refractivity contribution in [2.75, 3.05) is 45.9 Å². The third-order valence-corrected chi connectivity index (χ3v) is 4.83. The van der Waals surface area contributed by atoms with Gasteiger partial charge in [-0.05, 0) is 71.6 Å². The zero-order valence-corrected chi connectivity index (χ0v) is 21.0. The Labute approximate surface area is 193 Å².